The van der Waals surface area contributed by atoms with E-state index in [-0.39, 0.29) is 0 Å². The maximum atomic E-state index is 11.7. The van der Waals surface area contributed by atoms with Crippen LogP contribution >= 0.6 is 0 Å². The average molecular weight is 201 g/mol. The van der Waals surface area contributed by atoms with Crippen LogP contribution in [0.1, 0.15) is 0 Å². The Hall–Kier alpha value is -0.570. The van der Waals surface area contributed by atoms with Crippen molar-refractivity contribution in [3.63, 3.8) is 0 Å². The zero-order valence-electron chi connectivity index (χ0n) is 5.12. The first-order chi connectivity index (χ1) is 5.10. The Morgan fingerprint density at radius 2 is 1.33 bits per heavy atom. The lowest BCUT2D eigenvalue weighted by molar-refractivity contribution is -0.382. The van der Waals surface area contributed by atoms with Crippen molar-refractivity contribution in [1.29, 1.82) is 0 Å². The van der Waals surface area contributed by atoms with Gasteiger partial charge in [0.2, 0.25) is 6.23 Å². The second-order valence-electron chi connectivity index (χ2n) is 1.75. The van der Waals surface area contributed by atoms with E-state index in [2.05, 4.69) is 0 Å². The van der Waals surface area contributed by atoms with Gasteiger partial charge in [-0.3, -0.25) is 0 Å². The molecule has 0 spiro atoms. The molecule has 74 valence electrons. The molecule has 0 aliphatic rings. The van der Waals surface area contributed by atoms with Gasteiger partial charge in [-0.15, -0.1) is 0 Å². The van der Waals surface area contributed by atoms with Gasteiger partial charge < -0.3 is 5.11 Å². The summed E-state index contributed by atoms with van der Waals surface area (Å²) in [5.41, 5.74) is 0. The molecule has 2 nitrogen and oxygen atoms in total. The molecule has 1 unspecified atom stereocenters. The molecule has 0 aromatic rings. The number of nitrogens with zero attached hydrogens (tertiary/aromatic N) is 1. The van der Waals surface area contributed by atoms with Gasteiger partial charge in [0.15, 0.2) is 0 Å². The zero-order valence-corrected chi connectivity index (χ0v) is 5.12. The SMILES string of the molecule is OC(N(F)F)C(F)(F)C(F)(F)F. The fourth-order valence-corrected chi connectivity index (χ4v) is 0.269. The Morgan fingerprint density at radius 1 is 1.00 bits per heavy atom. The Bertz CT molecular complexity index is 153. The standard InChI is InChI=1S/C3H2F7NO/c4-2(5,3(6,7)8)1(12)11(9)10/h1,12H. The van der Waals surface area contributed by atoms with Crippen LogP contribution in [0.15, 0.2) is 0 Å². The maximum Gasteiger partial charge on any atom is 0.457 e. The topological polar surface area (TPSA) is 23.5 Å². The molecule has 9 heteroatoms. The van der Waals surface area contributed by atoms with Crippen LogP contribution in [-0.2, 0) is 0 Å². The van der Waals surface area contributed by atoms with Crippen LogP contribution in [0, 0.1) is 0 Å². The van der Waals surface area contributed by atoms with Crippen LogP contribution in [0.5, 0.6) is 0 Å². The normalized spacial score (nSPS) is 16.8. The van der Waals surface area contributed by atoms with E-state index in [1.54, 1.807) is 0 Å². The fraction of sp³-hybridized carbons (Fsp3) is 1.00. The second-order valence-corrected chi connectivity index (χ2v) is 1.75. The number of rotatable bonds is 2. The van der Waals surface area contributed by atoms with Gasteiger partial charge in [0.1, 0.15) is 0 Å². The summed E-state index contributed by atoms with van der Waals surface area (Å²) in [7, 11) is 0. The van der Waals surface area contributed by atoms with Crippen LogP contribution < -0.4 is 0 Å². The van der Waals surface area contributed by atoms with Crippen molar-refractivity contribution in [3.8, 4) is 0 Å². The van der Waals surface area contributed by atoms with Gasteiger partial charge >= 0.3 is 12.1 Å². The third-order valence-electron chi connectivity index (χ3n) is 0.887. The van der Waals surface area contributed by atoms with E-state index >= 15 is 0 Å². The third kappa shape index (κ3) is 1.97. The Kier molecular flexibility index (Phi) is 2.91. The molecule has 0 bridgehead atoms. The molecule has 0 rings (SSSR count). The smallest absolute Gasteiger partial charge is 0.368 e. The van der Waals surface area contributed by atoms with Crippen molar-refractivity contribution in [2.45, 2.75) is 18.3 Å². The largest absolute Gasteiger partial charge is 0.457 e. The second kappa shape index (κ2) is 3.05. The molecular formula is C3H2F7NO. The van der Waals surface area contributed by atoms with Crippen LogP contribution in [-0.4, -0.2) is 28.8 Å². The van der Waals surface area contributed by atoms with Crippen molar-refractivity contribution in [2.75, 3.05) is 0 Å². The molecule has 0 aliphatic heterocycles. The van der Waals surface area contributed by atoms with E-state index in [4.69, 9.17) is 5.11 Å². The predicted molar refractivity (Wildman–Crippen MR) is 21.1 cm³/mol. The summed E-state index contributed by atoms with van der Waals surface area (Å²) in [5, 5.41) is 5.08. The Morgan fingerprint density at radius 3 is 1.42 bits per heavy atom. The first kappa shape index (κ1) is 11.4. The first-order valence-corrected chi connectivity index (χ1v) is 2.34. The molecule has 0 radical (unpaired) electrons. The highest BCUT2D eigenvalue weighted by Gasteiger charge is 2.65. The Balaban J connectivity index is 4.61. The molecule has 0 aliphatic carbocycles. The number of hydrogen-bond donors (Lipinski definition) is 1. The van der Waals surface area contributed by atoms with Crippen LogP contribution in [0.3, 0.4) is 0 Å². The molecule has 0 fully saturated rings. The minimum absolute atomic E-state index is 2.62. The highest BCUT2D eigenvalue weighted by Crippen LogP contribution is 2.39. The number of hydrogen-bond acceptors (Lipinski definition) is 2. The molecule has 1 atom stereocenters. The van der Waals surface area contributed by atoms with Gasteiger partial charge in [-0.25, -0.2) is 0 Å². The fourth-order valence-electron chi connectivity index (χ4n) is 0.269. The van der Waals surface area contributed by atoms with Crippen LogP contribution in [0.25, 0.3) is 0 Å². The molecule has 0 heterocycles. The lowest BCUT2D eigenvalue weighted by atomic mass is 10.3. The number of halogens is 7. The van der Waals surface area contributed by atoms with Crippen molar-refractivity contribution < 1.29 is 36.0 Å². The zero-order chi connectivity index (χ0) is 10.2. The maximum absolute atomic E-state index is 11.7. The summed E-state index contributed by atoms with van der Waals surface area (Å²) in [4.78, 5) is 0. The minimum atomic E-state index is -6.21. The van der Waals surface area contributed by atoms with Gasteiger partial charge in [-0.2, -0.15) is 22.0 Å². The third-order valence-corrected chi connectivity index (χ3v) is 0.887. The summed E-state index contributed by atoms with van der Waals surface area (Å²) in [6, 6.07) is 0. The van der Waals surface area contributed by atoms with E-state index in [0.29, 0.717) is 0 Å². The lowest BCUT2D eigenvalue weighted by Gasteiger charge is -2.23. The predicted octanol–water partition coefficient (Wildman–Crippen LogP) is 1.57. The van der Waals surface area contributed by atoms with Gasteiger partial charge in [0.05, 0.1) is 5.34 Å². The molecule has 0 aromatic carbocycles. The quantitative estimate of drug-likeness (QED) is 0.416. The highest BCUT2D eigenvalue weighted by molar-refractivity contribution is 4.80. The van der Waals surface area contributed by atoms with Gasteiger partial charge in [-0.05, 0) is 0 Å². The van der Waals surface area contributed by atoms with E-state index in [1.165, 1.54) is 0 Å². The van der Waals surface area contributed by atoms with E-state index in [0.717, 1.165) is 0 Å². The van der Waals surface area contributed by atoms with Crippen LogP contribution in [0.2, 0.25) is 0 Å². The van der Waals surface area contributed by atoms with Gasteiger partial charge in [-0.1, -0.05) is 8.96 Å². The summed E-state index contributed by atoms with van der Waals surface area (Å²) < 4.78 is 79.0. The van der Waals surface area contributed by atoms with Crippen LogP contribution in [0.4, 0.5) is 30.9 Å². The van der Waals surface area contributed by atoms with Crippen molar-refractivity contribution in [3.05, 3.63) is 0 Å². The number of aliphatic hydroxyl groups excluding tert-OH is 1. The summed E-state index contributed by atoms with van der Waals surface area (Å²) in [6.45, 7) is 0. The summed E-state index contributed by atoms with van der Waals surface area (Å²) in [5.74, 6) is -5.85. The van der Waals surface area contributed by atoms with E-state index < -0.39 is 23.7 Å². The molecular weight excluding hydrogens is 199 g/mol. The number of aliphatic hydroxyl groups is 1. The first-order valence-electron chi connectivity index (χ1n) is 2.34. The highest BCUT2D eigenvalue weighted by atomic mass is 19.4. The molecule has 0 aromatic heterocycles. The van der Waals surface area contributed by atoms with Crippen molar-refractivity contribution in [1.82, 2.24) is 5.34 Å². The molecule has 1 N–H and O–H groups in total. The summed E-state index contributed by atoms with van der Waals surface area (Å²) >= 11 is 0. The Labute approximate surface area is 61.1 Å². The van der Waals surface area contributed by atoms with Crippen molar-refractivity contribution >= 4 is 0 Å². The van der Waals surface area contributed by atoms with Gasteiger partial charge in [0.25, 0.3) is 0 Å². The molecule has 0 amide bonds. The van der Waals surface area contributed by atoms with Crippen molar-refractivity contribution in [2.24, 2.45) is 0 Å². The molecule has 0 saturated heterocycles. The minimum Gasteiger partial charge on any atom is -0.368 e. The van der Waals surface area contributed by atoms with Gasteiger partial charge in [0, 0.05) is 0 Å². The molecule has 12 heavy (non-hydrogen) atoms. The lowest BCUT2D eigenvalue weighted by Crippen LogP contribution is -2.51. The molecule has 0 saturated carbocycles. The monoisotopic (exact) mass is 201 g/mol. The number of alkyl halides is 5. The summed E-state index contributed by atoms with van der Waals surface area (Å²) in [6.07, 6.45) is -10.4. The average Bonchev–Trinajstić information content (AvgIpc) is 1.83. The van der Waals surface area contributed by atoms with E-state index in [9.17, 15) is 30.9 Å². The van der Waals surface area contributed by atoms with E-state index in [1.807, 2.05) is 0 Å².